The van der Waals surface area contributed by atoms with Crippen LogP contribution in [0.3, 0.4) is 0 Å². The van der Waals surface area contributed by atoms with Crippen molar-refractivity contribution < 1.29 is 23.8 Å². The van der Waals surface area contributed by atoms with E-state index in [1.54, 1.807) is 36.4 Å². The third-order valence-corrected chi connectivity index (χ3v) is 6.88. The molecular weight excluding hydrogens is 500 g/mol. The zero-order valence-electron chi connectivity index (χ0n) is 23.9. The maximum atomic E-state index is 12.6. The quantitative estimate of drug-likeness (QED) is 0.0737. The van der Waals surface area contributed by atoms with E-state index in [1.807, 2.05) is 49.4 Å². The first-order chi connectivity index (χ1) is 19.5. The predicted molar refractivity (Wildman–Crippen MR) is 161 cm³/mol. The van der Waals surface area contributed by atoms with E-state index in [9.17, 15) is 9.59 Å². The van der Waals surface area contributed by atoms with Crippen LogP contribution in [0.4, 0.5) is 0 Å². The van der Waals surface area contributed by atoms with Crippen LogP contribution < -0.4 is 9.47 Å². The summed E-state index contributed by atoms with van der Waals surface area (Å²) in [6.07, 6.45) is 11.4. The van der Waals surface area contributed by atoms with E-state index in [2.05, 4.69) is 13.5 Å². The summed E-state index contributed by atoms with van der Waals surface area (Å²) >= 11 is 0. The summed E-state index contributed by atoms with van der Waals surface area (Å²) in [5.41, 5.74) is 2.92. The topological polar surface area (TPSA) is 61.8 Å². The molecule has 0 aliphatic carbocycles. The fourth-order valence-corrected chi connectivity index (χ4v) is 4.07. The molecule has 5 heteroatoms. The van der Waals surface area contributed by atoms with Crippen LogP contribution in [-0.4, -0.2) is 25.2 Å². The predicted octanol–water partition coefficient (Wildman–Crippen LogP) is 9.07. The van der Waals surface area contributed by atoms with Crippen LogP contribution in [0.1, 0.15) is 85.9 Å². The second-order valence-electron chi connectivity index (χ2n) is 10.2. The molecule has 0 bridgehead atoms. The van der Waals surface area contributed by atoms with Gasteiger partial charge in [0.05, 0.1) is 24.3 Å². The molecule has 0 aromatic heterocycles. The van der Waals surface area contributed by atoms with E-state index < -0.39 is 5.97 Å². The summed E-state index contributed by atoms with van der Waals surface area (Å²) in [4.78, 5) is 24.8. The lowest BCUT2D eigenvalue weighted by molar-refractivity contribution is 0.0447. The molecule has 0 aliphatic heterocycles. The maximum Gasteiger partial charge on any atom is 0.343 e. The van der Waals surface area contributed by atoms with Crippen LogP contribution in [0.15, 0.2) is 85.5 Å². The number of ether oxygens (including phenoxy) is 3. The fraction of sp³-hybridized carbons (Fsp3) is 0.371. The SMILES string of the molecule is C=CCCCCCCCCOc1ccc(-c2ccc(C(=O)Oc3ccc(C(=O)OC[C@@H](C)CC)cc3)cc2)cc1. The van der Waals surface area contributed by atoms with Gasteiger partial charge < -0.3 is 14.2 Å². The standard InChI is InChI=1S/C35H42O5/c1-4-6-7-8-9-10-11-12-25-38-32-21-17-29(18-22-32)28-13-15-31(16-14-28)35(37)40-33-23-19-30(20-24-33)34(36)39-26-27(3)5-2/h4,13-24,27H,1,5-12,25-26H2,2-3H3/t27-/m0/s1. The van der Waals surface area contributed by atoms with Gasteiger partial charge in [0.25, 0.3) is 0 Å². The zero-order chi connectivity index (χ0) is 28.6. The summed E-state index contributed by atoms with van der Waals surface area (Å²) in [7, 11) is 0. The average molecular weight is 543 g/mol. The largest absolute Gasteiger partial charge is 0.494 e. The second-order valence-corrected chi connectivity index (χ2v) is 10.2. The van der Waals surface area contributed by atoms with Gasteiger partial charge in [-0.2, -0.15) is 0 Å². The Morgan fingerprint density at radius 2 is 1.25 bits per heavy atom. The first-order valence-corrected chi connectivity index (χ1v) is 14.4. The Morgan fingerprint density at radius 3 is 1.88 bits per heavy atom. The number of hydrogen-bond donors (Lipinski definition) is 0. The number of carbonyl (C=O) groups excluding carboxylic acids is 2. The molecular formula is C35H42O5. The first kappa shape index (κ1) is 30.7. The lowest BCUT2D eigenvalue weighted by atomic mass is 10.0. The molecule has 0 N–H and O–H groups in total. The van der Waals surface area contributed by atoms with Crippen molar-refractivity contribution in [3.63, 3.8) is 0 Å². The Hall–Kier alpha value is -3.86. The molecule has 3 aromatic carbocycles. The molecule has 40 heavy (non-hydrogen) atoms. The summed E-state index contributed by atoms with van der Waals surface area (Å²) in [5.74, 6) is 0.710. The number of carbonyl (C=O) groups is 2. The van der Waals surface area contributed by atoms with Gasteiger partial charge in [0, 0.05) is 0 Å². The van der Waals surface area contributed by atoms with Crippen molar-refractivity contribution in [2.24, 2.45) is 5.92 Å². The minimum absolute atomic E-state index is 0.316. The Labute approximate surface area is 239 Å². The van der Waals surface area contributed by atoms with Crippen molar-refractivity contribution in [3.8, 4) is 22.6 Å². The fourth-order valence-electron chi connectivity index (χ4n) is 4.07. The molecule has 212 valence electrons. The van der Waals surface area contributed by atoms with Gasteiger partial charge in [-0.3, -0.25) is 0 Å². The highest BCUT2D eigenvalue weighted by Gasteiger charge is 2.12. The van der Waals surface area contributed by atoms with Crippen LogP contribution >= 0.6 is 0 Å². The van der Waals surface area contributed by atoms with Gasteiger partial charge in [0.15, 0.2) is 0 Å². The first-order valence-electron chi connectivity index (χ1n) is 14.4. The number of rotatable bonds is 17. The molecule has 0 spiro atoms. The molecule has 0 unspecified atom stereocenters. The van der Waals surface area contributed by atoms with Crippen molar-refractivity contribution >= 4 is 11.9 Å². The van der Waals surface area contributed by atoms with E-state index in [0.29, 0.717) is 29.4 Å². The smallest absolute Gasteiger partial charge is 0.343 e. The zero-order valence-corrected chi connectivity index (χ0v) is 23.9. The van der Waals surface area contributed by atoms with Gasteiger partial charge >= 0.3 is 11.9 Å². The van der Waals surface area contributed by atoms with Crippen LogP contribution in [0, 0.1) is 5.92 Å². The summed E-state index contributed by atoms with van der Waals surface area (Å²) in [6.45, 7) is 8.97. The molecule has 1 atom stereocenters. The number of unbranched alkanes of at least 4 members (excludes halogenated alkanes) is 6. The number of benzene rings is 3. The monoisotopic (exact) mass is 542 g/mol. The number of allylic oxidation sites excluding steroid dienone is 1. The third-order valence-electron chi connectivity index (χ3n) is 6.88. The molecule has 3 rings (SSSR count). The van der Waals surface area contributed by atoms with E-state index >= 15 is 0 Å². The molecule has 0 fully saturated rings. The Bertz CT molecular complexity index is 1180. The third kappa shape index (κ3) is 10.4. The van der Waals surface area contributed by atoms with Crippen LogP contribution in [0.25, 0.3) is 11.1 Å². The number of esters is 2. The Morgan fingerprint density at radius 1 is 0.725 bits per heavy atom. The summed E-state index contributed by atoms with van der Waals surface area (Å²) < 4.78 is 16.7. The van der Waals surface area contributed by atoms with Crippen LogP contribution in [0.5, 0.6) is 11.5 Å². The van der Waals surface area contributed by atoms with Crippen LogP contribution in [0.2, 0.25) is 0 Å². The summed E-state index contributed by atoms with van der Waals surface area (Å²) in [5, 5.41) is 0. The molecule has 3 aromatic rings. The van der Waals surface area contributed by atoms with E-state index in [4.69, 9.17) is 14.2 Å². The van der Waals surface area contributed by atoms with Gasteiger partial charge in [0.2, 0.25) is 0 Å². The number of hydrogen-bond acceptors (Lipinski definition) is 5. The van der Waals surface area contributed by atoms with Gasteiger partial charge in [-0.05, 0) is 84.8 Å². The molecule has 0 amide bonds. The molecule has 5 nitrogen and oxygen atoms in total. The minimum Gasteiger partial charge on any atom is -0.494 e. The lowest BCUT2D eigenvalue weighted by Crippen LogP contribution is -2.12. The van der Waals surface area contributed by atoms with Crippen molar-refractivity contribution in [1.29, 1.82) is 0 Å². The van der Waals surface area contributed by atoms with Gasteiger partial charge in [0.1, 0.15) is 11.5 Å². The van der Waals surface area contributed by atoms with Gasteiger partial charge in [-0.15, -0.1) is 6.58 Å². The average Bonchev–Trinajstić information content (AvgIpc) is 2.99. The van der Waals surface area contributed by atoms with Gasteiger partial charge in [-0.1, -0.05) is 76.3 Å². The normalized spacial score (nSPS) is 11.4. The van der Waals surface area contributed by atoms with Crippen molar-refractivity contribution in [2.45, 2.75) is 65.2 Å². The second kappa shape index (κ2) is 17.0. The molecule has 0 heterocycles. The molecule has 0 saturated heterocycles. The highest BCUT2D eigenvalue weighted by atomic mass is 16.5. The van der Waals surface area contributed by atoms with Crippen molar-refractivity contribution in [1.82, 2.24) is 0 Å². The lowest BCUT2D eigenvalue weighted by Gasteiger charge is -2.10. The van der Waals surface area contributed by atoms with E-state index in [0.717, 1.165) is 42.7 Å². The minimum atomic E-state index is -0.459. The van der Waals surface area contributed by atoms with E-state index in [-0.39, 0.29) is 5.97 Å². The van der Waals surface area contributed by atoms with Gasteiger partial charge in [-0.25, -0.2) is 9.59 Å². The summed E-state index contributed by atoms with van der Waals surface area (Å²) in [6, 6.07) is 21.7. The van der Waals surface area contributed by atoms with E-state index in [1.165, 1.54) is 32.1 Å². The van der Waals surface area contributed by atoms with Crippen LogP contribution in [-0.2, 0) is 4.74 Å². The molecule has 0 radical (unpaired) electrons. The van der Waals surface area contributed by atoms with Crippen molar-refractivity contribution in [2.75, 3.05) is 13.2 Å². The maximum absolute atomic E-state index is 12.6. The Balaban J connectivity index is 1.43. The molecule has 0 saturated carbocycles. The highest BCUT2D eigenvalue weighted by molar-refractivity contribution is 5.92. The highest BCUT2D eigenvalue weighted by Crippen LogP contribution is 2.24. The van der Waals surface area contributed by atoms with Crippen molar-refractivity contribution in [3.05, 3.63) is 96.6 Å². The Kier molecular flexibility index (Phi) is 13.0. The molecule has 0 aliphatic rings.